The minimum absolute atomic E-state index is 1.04. The van der Waals surface area contributed by atoms with E-state index in [1.54, 1.807) is 6.33 Å². The van der Waals surface area contributed by atoms with E-state index in [0.29, 0.717) is 0 Å². The van der Waals surface area contributed by atoms with Crippen molar-refractivity contribution >= 4 is 10.9 Å². The van der Waals surface area contributed by atoms with E-state index in [9.17, 15) is 0 Å². The lowest BCUT2D eigenvalue weighted by Gasteiger charge is -1.97. The van der Waals surface area contributed by atoms with Crippen LogP contribution in [-0.2, 0) is 0 Å². The van der Waals surface area contributed by atoms with Crippen LogP contribution in [0.25, 0.3) is 10.9 Å². The molecule has 0 N–H and O–H groups in total. The normalized spacial score (nSPS) is 9.15. The average Bonchev–Trinajstić information content (AvgIpc) is 2.22. The number of aryl methyl sites for hydroxylation is 1. The van der Waals surface area contributed by atoms with E-state index in [-0.39, 0.29) is 0 Å². The van der Waals surface area contributed by atoms with Crippen molar-refractivity contribution in [1.29, 1.82) is 0 Å². The molecule has 1 aromatic heterocycles. The van der Waals surface area contributed by atoms with Crippen molar-refractivity contribution in [2.24, 2.45) is 0 Å². The Morgan fingerprint density at radius 1 is 1.15 bits per heavy atom. The van der Waals surface area contributed by atoms with Gasteiger partial charge in [0.25, 0.3) is 0 Å². The van der Waals surface area contributed by atoms with Crippen LogP contribution in [0.3, 0.4) is 0 Å². The molecule has 68 valence electrons. The van der Waals surface area contributed by atoms with Gasteiger partial charge in [0.1, 0.15) is 6.33 Å². The first kappa shape index (κ1) is 9.65. The van der Waals surface area contributed by atoms with E-state index in [2.05, 4.69) is 23.0 Å². The summed E-state index contributed by atoms with van der Waals surface area (Å²) in [7, 11) is 0. The van der Waals surface area contributed by atoms with Crippen molar-refractivity contribution in [2.45, 2.75) is 20.8 Å². The van der Waals surface area contributed by atoms with Gasteiger partial charge in [0.05, 0.1) is 5.52 Å². The quantitative estimate of drug-likeness (QED) is 0.613. The number of aromatic nitrogens is 2. The Hall–Kier alpha value is -1.44. The average molecular weight is 174 g/mol. The largest absolute Gasteiger partial charge is 0.244 e. The third-order valence-corrected chi connectivity index (χ3v) is 1.74. The van der Waals surface area contributed by atoms with E-state index in [4.69, 9.17) is 0 Å². The second-order valence-electron chi connectivity index (χ2n) is 2.54. The van der Waals surface area contributed by atoms with Crippen LogP contribution in [0.2, 0.25) is 0 Å². The number of rotatable bonds is 0. The van der Waals surface area contributed by atoms with Crippen molar-refractivity contribution in [3.8, 4) is 0 Å². The molecule has 0 atom stereocenters. The standard InChI is InChI=1S/C9H8N2.C2H6/c1-7-3-2-4-8-5-10-6-11-9(7)8;1-2/h2-6H,1H3;1-2H3. The van der Waals surface area contributed by atoms with Crippen LogP contribution in [-0.4, -0.2) is 9.97 Å². The molecular weight excluding hydrogens is 160 g/mol. The van der Waals surface area contributed by atoms with E-state index >= 15 is 0 Å². The molecule has 1 heterocycles. The Morgan fingerprint density at radius 3 is 2.62 bits per heavy atom. The van der Waals surface area contributed by atoms with Gasteiger partial charge in [-0.25, -0.2) is 9.97 Å². The number of hydrogen-bond donors (Lipinski definition) is 0. The summed E-state index contributed by atoms with van der Waals surface area (Å²) in [4.78, 5) is 8.11. The minimum Gasteiger partial charge on any atom is -0.244 e. The third-order valence-electron chi connectivity index (χ3n) is 1.74. The number of nitrogens with zero attached hydrogens (tertiary/aromatic N) is 2. The lowest BCUT2D eigenvalue weighted by atomic mass is 10.2. The van der Waals surface area contributed by atoms with E-state index < -0.39 is 0 Å². The van der Waals surface area contributed by atoms with Crippen LogP contribution >= 0.6 is 0 Å². The van der Waals surface area contributed by atoms with Crippen molar-refractivity contribution < 1.29 is 0 Å². The molecule has 1 aromatic carbocycles. The second-order valence-corrected chi connectivity index (χ2v) is 2.54. The summed E-state index contributed by atoms with van der Waals surface area (Å²) >= 11 is 0. The molecule has 0 fully saturated rings. The molecule has 13 heavy (non-hydrogen) atoms. The predicted octanol–water partition coefficient (Wildman–Crippen LogP) is 2.96. The fraction of sp³-hybridized carbons (Fsp3) is 0.273. The summed E-state index contributed by atoms with van der Waals surface area (Å²) in [5.74, 6) is 0. The molecule has 0 aliphatic rings. The van der Waals surface area contributed by atoms with Gasteiger partial charge in [-0.3, -0.25) is 0 Å². The van der Waals surface area contributed by atoms with Crippen LogP contribution in [0.5, 0.6) is 0 Å². The molecule has 0 spiro atoms. The molecule has 0 aliphatic carbocycles. The van der Waals surface area contributed by atoms with E-state index in [1.165, 1.54) is 5.56 Å². The molecular formula is C11H14N2. The molecule has 0 radical (unpaired) electrons. The predicted molar refractivity (Wildman–Crippen MR) is 55.6 cm³/mol. The highest BCUT2D eigenvalue weighted by Crippen LogP contribution is 2.12. The highest BCUT2D eigenvalue weighted by Gasteiger charge is 1.94. The SMILES string of the molecule is CC.Cc1cccc2cncnc12. The first-order valence-electron chi connectivity index (χ1n) is 4.53. The highest BCUT2D eigenvalue weighted by molar-refractivity contribution is 5.80. The number of benzene rings is 1. The first-order valence-corrected chi connectivity index (χ1v) is 4.53. The molecule has 0 aliphatic heterocycles. The van der Waals surface area contributed by atoms with Gasteiger partial charge in [-0.1, -0.05) is 32.0 Å². The van der Waals surface area contributed by atoms with Crippen LogP contribution < -0.4 is 0 Å². The number of hydrogen-bond acceptors (Lipinski definition) is 2. The molecule has 2 heteroatoms. The van der Waals surface area contributed by atoms with E-state index in [1.807, 2.05) is 32.2 Å². The summed E-state index contributed by atoms with van der Waals surface area (Å²) in [5, 5.41) is 1.10. The van der Waals surface area contributed by atoms with Crippen molar-refractivity contribution in [3.63, 3.8) is 0 Å². The van der Waals surface area contributed by atoms with E-state index in [0.717, 1.165) is 10.9 Å². The summed E-state index contributed by atoms with van der Waals surface area (Å²) in [6.07, 6.45) is 3.41. The molecule has 0 saturated heterocycles. The third kappa shape index (κ3) is 2.02. The molecule has 0 unspecified atom stereocenters. The Morgan fingerprint density at radius 2 is 1.92 bits per heavy atom. The zero-order valence-electron chi connectivity index (χ0n) is 8.28. The van der Waals surface area contributed by atoms with Gasteiger partial charge in [0.2, 0.25) is 0 Å². The smallest absolute Gasteiger partial charge is 0.116 e. The molecule has 0 saturated carbocycles. The Kier molecular flexibility index (Phi) is 3.38. The molecule has 0 bridgehead atoms. The second kappa shape index (κ2) is 4.55. The van der Waals surface area contributed by atoms with Gasteiger partial charge in [0.15, 0.2) is 0 Å². The maximum Gasteiger partial charge on any atom is 0.116 e. The lowest BCUT2D eigenvalue weighted by molar-refractivity contribution is 1.21. The van der Waals surface area contributed by atoms with Crippen molar-refractivity contribution in [3.05, 3.63) is 36.3 Å². The maximum atomic E-state index is 4.17. The fourth-order valence-corrected chi connectivity index (χ4v) is 1.17. The van der Waals surface area contributed by atoms with Crippen LogP contribution in [0, 0.1) is 6.92 Å². The van der Waals surface area contributed by atoms with Crippen LogP contribution in [0.1, 0.15) is 19.4 Å². The number of para-hydroxylation sites is 1. The summed E-state index contributed by atoms with van der Waals surface area (Å²) in [6, 6.07) is 6.08. The van der Waals surface area contributed by atoms with Gasteiger partial charge in [0, 0.05) is 11.6 Å². The summed E-state index contributed by atoms with van der Waals surface area (Å²) in [6.45, 7) is 6.05. The number of fused-ring (bicyclic) bond motifs is 1. The Balaban J connectivity index is 0.000000396. The fourth-order valence-electron chi connectivity index (χ4n) is 1.17. The maximum absolute atomic E-state index is 4.17. The van der Waals surface area contributed by atoms with Crippen molar-refractivity contribution in [2.75, 3.05) is 0 Å². The minimum atomic E-state index is 1.04. The highest BCUT2D eigenvalue weighted by atomic mass is 14.8. The summed E-state index contributed by atoms with van der Waals surface area (Å²) < 4.78 is 0. The molecule has 2 rings (SSSR count). The Bertz CT molecular complexity index is 377. The Labute approximate surface area is 78.7 Å². The van der Waals surface area contributed by atoms with Gasteiger partial charge >= 0.3 is 0 Å². The van der Waals surface area contributed by atoms with Gasteiger partial charge < -0.3 is 0 Å². The van der Waals surface area contributed by atoms with Gasteiger partial charge in [-0.05, 0) is 12.5 Å². The lowest BCUT2D eigenvalue weighted by Crippen LogP contribution is -1.83. The molecule has 2 nitrogen and oxygen atoms in total. The topological polar surface area (TPSA) is 25.8 Å². The zero-order chi connectivity index (χ0) is 9.68. The van der Waals surface area contributed by atoms with Crippen molar-refractivity contribution in [1.82, 2.24) is 9.97 Å². The zero-order valence-corrected chi connectivity index (χ0v) is 8.28. The molecule has 0 amide bonds. The van der Waals surface area contributed by atoms with Gasteiger partial charge in [-0.15, -0.1) is 0 Å². The first-order chi connectivity index (χ1) is 6.38. The van der Waals surface area contributed by atoms with Crippen LogP contribution in [0.4, 0.5) is 0 Å². The monoisotopic (exact) mass is 174 g/mol. The molecule has 2 aromatic rings. The van der Waals surface area contributed by atoms with Crippen LogP contribution in [0.15, 0.2) is 30.7 Å². The summed E-state index contributed by atoms with van der Waals surface area (Å²) in [5.41, 5.74) is 2.24. The van der Waals surface area contributed by atoms with Gasteiger partial charge in [-0.2, -0.15) is 0 Å².